The van der Waals surface area contributed by atoms with Gasteiger partial charge >= 0.3 is 6.03 Å². The van der Waals surface area contributed by atoms with Crippen LogP contribution < -0.4 is 5.32 Å². The van der Waals surface area contributed by atoms with Crippen LogP contribution in [0.15, 0.2) is 0 Å². The molecular formula is C14H22N4OS. The van der Waals surface area contributed by atoms with Crippen LogP contribution in [0.4, 0.5) is 4.79 Å². The Morgan fingerprint density at radius 1 is 1.30 bits per heavy atom. The fourth-order valence-corrected chi connectivity index (χ4v) is 3.93. The lowest BCUT2D eigenvalue weighted by molar-refractivity contribution is 0.164. The molecule has 1 N–H and O–H groups in total. The second kappa shape index (κ2) is 5.69. The lowest BCUT2D eigenvalue weighted by atomic mass is 10.1. The molecule has 6 heteroatoms. The summed E-state index contributed by atoms with van der Waals surface area (Å²) >= 11 is 1.71. The van der Waals surface area contributed by atoms with Gasteiger partial charge in [0.15, 0.2) is 0 Å². The van der Waals surface area contributed by atoms with Crippen LogP contribution in [0.25, 0.3) is 0 Å². The average Bonchev–Trinajstić information content (AvgIpc) is 2.96. The molecule has 2 fully saturated rings. The lowest BCUT2D eigenvalue weighted by Gasteiger charge is -2.31. The molecule has 2 aliphatic rings. The van der Waals surface area contributed by atoms with E-state index in [0.717, 1.165) is 49.7 Å². The van der Waals surface area contributed by atoms with Crippen molar-refractivity contribution in [1.29, 1.82) is 0 Å². The fraction of sp³-hybridized carbons (Fsp3) is 0.714. The summed E-state index contributed by atoms with van der Waals surface area (Å²) in [5, 5.41) is 4.41. The molecule has 0 radical (unpaired) electrons. The molecule has 1 aromatic heterocycles. The van der Waals surface area contributed by atoms with E-state index in [-0.39, 0.29) is 6.03 Å². The van der Waals surface area contributed by atoms with Crippen LogP contribution in [0, 0.1) is 13.8 Å². The van der Waals surface area contributed by atoms with Crippen LogP contribution in [-0.2, 0) is 6.54 Å². The molecule has 2 saturated heterocycles. The lowest BCUT2D eigenvalue weighted by Crippen LogP contribution is -2.45. The van der Waals surface area contributed by atoms with E-state index in [2.05, 4.69) is 22.1 Å². The molecule has 110 valence electrons. The summed E-state index contributed by atoms with van der Waals surface area (Å²) < 4.78 is 0. The zero-order valence-electron chi connectivity index (χ0n) is 12.2. The van der Waals surface area contributed by atoms with E-state index in [1.165, 1.54) is 4.88 Å². The number of hydrogen-bond acceptors (Lipinski definition) is 4. The summed E-state index contributed by atoms with van der Waals surface area (Å²) in [6, 6.07) is 0.621. The summed E-state index contributed by atoms with van der Waals surface area (Å²) in [6.07, 6.45) is 2.16. The van der Waals surface area contributed by atoms with Gasteiger partial charge in [0.05, 0.1) is 12.2 Å². The van der Waals surface area contributed by atoms with Gasteiger partial charge in [-0.1, -0.05) is 0 Å². The van der Waals surface area contributed by atoms with Crippen molar-refractivity contribution in [2.24, 2.45) is 0 Å². The van der Waals surface area contributed by atoms with Crippen LogP contribution in [0.3, 0.4) is 0 Å². The maximum atomic E-state index is 12.5. The monoisotopic (exact) mass is 294 g/mol. The van der Waals surface area contributed by atoms with Gasteiger partial charge in [-0.15, -0.1) is 11.3 Å². The van der Waals surface area contributed by atoms with E-state index in [0.29, 0.717) is 12.6 Å². The zero-order chi connectivity index (χ0) is 14.1. The van der Waals surface area contributed by atoms with E-state index >= 15 is 0 Å². The second-order valence-electron chi connectivity index (χ2n) is 5.63. The quantitative estimate of drug-likeness (QED) is 0.924. The maximum absolute atomic E-state index is 12.5. The first-order valence-corrected chi connectivity index (χ1v) is 8.16. The normalized spacial score (nSPS) is 21.0. The minimum Gasteiger partial charge on any atom is -0.320 e. The fourth-order valence-electron chi connectivity index (χ4n) is 2.98. The topological polar surface area (TPSA) is 48.5 Å². The maximum Gasteiger partial charge on any atom is 0.320 e. The van der Waals surface area contributed by atoms with Crippen LogP contribution >= 0.6 is 11.3 Å². The molecule has 3 rings (SSSR count). The highest BCUT2D eigenvalue weighted by Crippen LogP contribution is 2.23. The van der Waals surface area contributed by atoms with Crippen molar-refractivity contribution in [2.45, 2.75) is 39.3 Å². The molecule has 0 spiro atoms. The number of carbonyl (C=O) groups excluding carboxylic acids is 1. The van der Waals surface area contributed by atoms with E-state index in [1.807, 2.05) is 11.8 Å². The van der Waals surface area contributed by atoms with Gasteiger partial charge in [-0.25, -0.2) is 9.78 Å². The van der Waals surface area contributed by atoms with Crippen molar-refractivity contribution in [3.05, 3.63) is 15.6 Å². The van der Waals surface area contributed by atoms with Crippen molar-refractivity contribution in [2.75, 3.05) is 26.2 Å². The first-order valence-electron chi connectivity index (χ1n) is 7.34. The molecule has 1 aromatic rings. The summed E-state index contributed by atoms with van der Waals surface area (Å²) in [5.41, 5.74) is 1.09. The van der Waals surface area contributed by atoms with Crippen LogP contribution in [-0.4, -0.2) is 53.0 Å². The number of thiazole rings is 1. The molecular weight excluding hydrogens is 272 g/mol. The third-order valence-electron chi connectivity index (χ3n) is 4.28. The largest absolute Gasteiger partial charge is 0.320 e. The average molecular weight is 294 g/mol. The predicted octanol–water partition coefficient (Wildman–Crippen LogP) is 1.75. The summed E-state index contributed by atoms with van der Waals surface area (Å²) in [5.74, 6) is 0. The molecule has 5 nitrogen and oxygen atoms in total. The van der Waals surface area contributed by atoms with Crippen LogP contribution in [0.2, 0.25) is 0 Å². The van der Waals surface area contributed by atoms with Gasteiger partial charge in [-0.3, -0.25) is 0 Å². The highest BCUT2D eigenvalue weighted by molar-refractivity contribution is 7.11. The molecule has 0 saturated carbocycles. The summed E-state index contributed by atoms with van der Waals surface area (Å²) in [7, 11) is 0. The highest BCUT2D eigenvalue weighted by atomic mass is 32.1. The van der Waals surface area contributed by atoms with Crippen molar-refractivity contribution < 1.29 is 4.79 Å². The molecule has 0 aliphatic carbocycles. The minimum absolute atomic E-state index is 0.197. The number of piperidine rings is 1. The molecule has 0 atom stereocenters. The molecule has 2 aliphatic heterocycles. The van der Waals surface area contributed by atoms with Gasteiger partial charge in [0.1, 0.15) is 5.01 Å². The van der Waals surface area contributed by atoms with Crippen LogP contribution in [0.1, 0.15) is 28.4 Å². The number of aryl methyl sites for hydroxylation is 2. The molecule has 2 amide bonds. The smallest absolute Gasteiger partial charge is 0.320 e. The van der Waals surface area contributed by atoms with Gasteiger partial charge in [-0.05, 0) is 39.8 Å². The Balaban J connectivity index is 1.63. The van der Waals surface area contributed by atoms with Crippen molar-refractivity contribution >= 4 is 17.4 Å². The Labute approximate surface area is 124 Å². The number of rotatable bonds is 3. The van der Waals surface area contributed by atoms with E-state index < -0.39 is 0 Å². The molecule has 0 bridgehead atoms. The Morgan fingerprint density at radius 2 is 2.05 bits per heavy atom. The number of amides is 2. The standard InChI is InChI=1S/C14H22N4OS/c1-10-11(2)20-13(16-10)9-17-7-8-18(14(17)19)12-3-5-15-6-4-12/h12,15H,3-9H2,1-2H3. The Bertz CT molecular complexity index is 476. The highest BCUT2D eigenvalue weighted by Gasteiger charge is 2.34. The third kappa shape index (κ3) is 2.67. The van der Waals surface area contributed by atoms with Crippen LogP contribution in [0.5, 0.6) is 0 Å². The number of nitrogens with zero attached hydrogens (tertiary/aromatic N) is 3. The van der Waals surface area contributed by atoms with E-state index in [1.54, 1.807) is 11.3 Å². The van der Waals surface area contributed by atoms with E-state index in [9.17, 15) is 4.79 Å². The third-order valence-corrected chi connectivity index (χ3v) is 5.33. The van der Waals surface area contributed by atoms with Gasteiger partial charge in [0.2, 0.25) is 0 Å². The minimum atomic E-state index is 0.197. The van der Waals surface area contributed by atoms with Gasteiger partial charge in [0, 0.05) is 24.0 Å². The van der Waals surface area contributed by atoms with E-state index in [4.69, 9.17) is 0 Å². The number of aromatic nitrogens is 1. The van der Waals surface area contributed by atoms with Gasteiger partial charge in [0.25, 0.3) is 0 Å². The Hall–Kier alpha value is -1.14. The predicted molar refractivity (Wildman–Crippen MR) is 80.0 cm³/mol. The first kappa shape index (κ1) is 13.8. The molecule has 0 aromatic carbocycles. The molecule has 20 heavy (non-hydrogen) atoms. The zero-order valence-corrected chi connectivity index (χ0v) is 13.0. The number of carbonyl (C=O) groups is 1. The number of urea groups is 1. The first-order chi connectivity index (χ1) is 9.65. The second-order valence-corrected chi connectivity index (χ2v) is 6.92. The van der Waals surface area contributed by atoms with Gasteiger partial charge in [-0.2, -0.15) is 0 Å². The Kier molecular flexibility index (Phi) is 3.94. The van der Waals surface area contributed by atoms with Crippen molar-refractivity contribution in [3.8, 4) is 0 Å². The van der Waals surface area contributed by atoms with Gasteiger partial charge < -0.3 is 15.1 Å². The molecule has 0 unspecified atom stereocenters. The molecule has 3 heterocycles. The SMILES string of the molecule is Cc1nc(CN2CCN(C3CCNCC3)C2=O)sc1C. The number of nitrogens with one attached hydrogen (secondary N) is 1. The Morgan fingerprint density at radius 3 is 2.70 bits per heavy atom. The summed E-state index contributed by atoms with van der Waals surface area (Å²) in [6.45, 7) is 8.54. The van der Waals surface area contributed by atoms with Crippen molar-refractivity contribution in [1.82, 2.24) is 20.1 Å². The summed E-state index contributed by atoms with van der Waals surface area (Å²) in [4.78, 5) is 22.3. The number of hydrogen-bond donors (Lipinski definition) is 1. The van der Waals surface area contributed by atoms with Crippen molar-refractivity contribution in [3.63, 3.8) is 0 Å².